The van der Waals surface area contributed by atoms with Crippen LogP contribution in [0.25, 0.3) is 0 Å². The fourth-order valence-corrected chi connectivity index (χ4v) is 3.35. The van der Waals surface area contributed by atoms with E-state index in [0.717, 1.165) is 37.2 Å². The molecule has 26 heavy (non-hydrogen) atoms. The fourth-order valence-electron chi connectivity index (χ4n) is 3.35. The van der Waals surface area contributed by atoms with Crippen LogP contribution in [0.1, 0.15) is 57.0 Å². The van der Waals surface area contributed by atoms with Crippen molar-refractivity contribution in [3.63, 3.8) is 0 Å². The standard InChI is InChI=1S/C21H33NO4/c1-6-9-16-12-18(10-11-19(16)20(23)24-8-3)25-13-17-14-26-21(4,5)15-22(17)7-2/h10-12,17H,6-9,13-15H2,1-5H3. The molecule has 0 saturated carbocycles. The van der Waals surface area contributed by atoms with Gasteiger partial charge in [-0.25, -0.2) is 4.79 Å². The molecule has 2 rings (SSSR count). The molecule has 5 heteroatoms. The second-order valence-electron chi connectivity index (χ2n) is 7.39. The summed E-state index contributed by atoms with van der Waals surface area (Å²) in [4.78, 5) is 14.5. The largest absolute Gasteiger partial charge is 0.492 e. The van der Waals surface area contributed by atoms with E-state index in [1.54, 1.807) is 0 Å². The van der Waals surface area contributed by atoms with Gasteiger partial charge in [-0.3, -0.25) is 4.90 Å². The Morgan fingerprint density at radius 2 is 2.08 bits per heavy atom. The van der Waals surface area contributed by atoms with Crippen molar-refractivity contribution in [1.82, 2.24) is 4.90 Å². The zero-order valence-corrected chi connectivity index (χ0v) is 16.8. The molecule has 0 aromatic heterocycles. The SMILES string of the molecule is CCCc1cc(OCC2COC(C)(C)CN2CC)ccc1C(=O)OCC. The quantitative estimate of drug-likeness (QED) is 0.659. The lowest BCUT2D eigenvalue weighted by Crippen LogP contribution is -2.55. The van der Waals surface area contributed by atoms with Crippen molar-refractivity contribution in [3.05, 3.63) is 29.3 Å². The van der Waals surface area contributed by atoms with Gasteiger partial charge in [-0.2, -0.15) is 0 Å². The Morgan fingerprint density at radius 1 is 1.31 bits per heavy atom. The molecule has 0 N–H and O–H groups in total. The Labute approximate surface area is 157 Å². The third-order valence-corrected chi connectivity index (χ3v) is 4.71. The summed E-state index contributed by atoms with van der Waals surface area (Å²) in [5.41, 5.74) is 1.51. The van der Waals surface area contributed by atoms with Crippen LogP contribution in [-0.4, -0.2) is 55.4 Å². The fraction of sp³-hybridized carbons (Fsp3) is 0.667. The van der Waals surface area contributed by atoms with Crippen molar-refractivity contribution < 1.29 is 19.0 Å². The van der Waals surface area contributed by atoms with E-state index in [4.69, 9.17) is 14.2 Å². The van der Waals surface area contributed by atoms with Crippen molar-refractivity contribution in [2.45, 2.75) is 59.1 Å². The molecular formula is C21H33NO4. The number of esters is 1. The van der Waals surface area contributed by atoms with Gasteiger partial charge in [0.2, 0.25) is 0 Å². The van der Waals surface area contributed by atoms with Crippen LogP contribution in [-0.2, 0) is 15.9 Å². The molecule has 1 aromatic rings. The number of aryl methyl sites for hydroxylation is 1. The summed E-state index contributed by atoms with van der Waals surface area (Å²) >= 11 is 0. The summed E-state index contributed by atoms with van der Waals surface area (Å²) < 4.78 is 17.2. The minimum atomic E-state index is -0.262. The molecule has 1 saturated heterocycles. The Kier molecular flexibility index (Phi) is 7.47. The topological polar surface area (TPSA) is 48.0 Å². The first-order valence-electron chi connectivity index (χ1n) is 9.71. The molecule has 1 unspecified atom stereocenters. The van der Waals surface area contributed by atoms with Gasteiger partial charge >= 0.3 is 5.97 Å². The highest BCUT2D eigenvalue weighted by molar-refractivity contribution is 5.91. The molecular weight excluding hydrogens is 330 g/mol. The molecule has 0 bridgehead atoms. The molecule has 0 spiro atoms. The van der Waals surface area contributed by atoms with Crippen LogP contribution < -0.4 is 4.74 Å². The second kappa shape index (κ2) is 9.38. The molecule has 1 atom stereocenters. The molecule has 146 valence electrons. The molecule has 1 aromatic carbocycles. The van der Waals surface area contributed by atoms with Crippen molar-refractivity contribution in [3.8, 4) is 5.75 Å². The predicted molar refractivity (Wildman–Crippen MR) is 103 cm³/mol. The Balaban J connectivity index is 2.05. The number of nitrogens with zero attached hydrogens (tertiary/aromatic N) is 1. The van der Waals surface area contributed by atoms with Crippen LogP contribution in [0.5, 0.6) is 5.75 Å². The highest BCUT2D eigenvalue weighted by Gasteiger charge is 2.33. The van der Waals surface area contributed by atoms with Gasteiger partial charge in [0.1, 0.15) is 12.4 Å². The first-order valence-corrected chi connectivity index (χ1v) is 9.71. The van der Waals surface area contributed by atoms with E-state index in [9.17, 15) is 4.79 Å². The van der Waals surface area contributed by atoms with Gasteiger partial charge in [0.25, 0.3) is 0 Å². The van der Waals surface area contributed by atoms with Gasteiger partial charge in [0.15, 0.2) is 0 Å². The number of hydrogen-bond donors (Lipinski definition) is 0. The third kappa shape index (κ3) is 5.45. The molecule has 0 amide bonds. The van der Waals surface area contributed by atoms with Crippen LogP contribution in [0.2, 0.25) is 0 Å². The van der Waals surface area contributed by atoms with Crippen LogP contribution in [0, 0.1) is 0 Å². The monoisotopic (exact) mass is 363 g/mol. The van der Waals surface area contributed by atoms with Gasteiger partial charge in [0, 0.05) is 6.54 Å². The van der Waals surface area contributed by atoms with Crippen LogP contribution in [0.3, 0.4) is 0 Å². The number of morpholine rings is 1. The Bertz CT molecular complexity index is 600. The number of hydrogen-bond acceptors (Lipinski definition) is 5. The summed E-state index contributed by atoms with van der Waals surface area (Å²) in [6.07, 6.45) is 1.79. The maximum absolute atomic E-state index is 12.1. The smallest absolute Gasteiger partial charge is 0.338 e. The van der Waals surface area contributed by atoms with E-state index in [-0.39, 0.29) is 17.6 Å². The van der Waals surface area contributed by atoms with Crippen molar-refractivity contribution in [2.75, 3.05) is 32.9 Å². The van der Waals surface area contributed by atoms with Gasteiger partial charge < -0.3 is 14.2 Å². The Morgan fingerprint density at radius 3 is 2.73 bits per heavy atom. The number of carbonyl (C=O) groups excluding carboxylic acids is 1. The molecule has 1 heterocycles. The van der Waals surface area contributed by atoms with E-state index >= 15 is 0 Å². The van der Waals surface area contributed by atoms with E-state index in [0.29, 0.717) is 25.4 Å². The number of ether oxygens (including phenoxy) is 3. The highest BCUT2D eigenvalue weighted by Crippen LogP contribution is 2.23. The average Bonchev–Trinajstić information content (AvgIpc) is 2.60. The lowest BCUT2D eigenvalue weighted by molar-refractivity contribution is -0.120. The molecule has 1 aliphatic heterocycles. The van der Waals surface area contributed by atoms with Crippen molar-refractivity contribution in [2.24, 2.45) is 0 Å². The molecule has 1 fully saturated rings. The first-order chi connectivity index (χ1) is 12.4. The lowest BCUT2D eigenvalue weighted by Gasteiger charge is -2.43. The molecule has 5 nitrogen and oxygen atoms in total. The summed E-state index contributed by atoms with van der Waals surface area (Å²) in [6, 6.07) is 5.89. The van der Waals surface area contributed by atoms with Crippen LogP contribution in [0.15, 0.2) is 18.2 Å². The summed E-state index contributed by atoms with van der Waals surface area (Å²) in [7, 11) is 0. The van der Waals surface area contributed by atoms with E-state index in [1.807, 2.05) is 25.1 Å². The number of rotatable bonds is 8. The third-order valence-electron chi connectivity index (χ3n) is 4.71. The van der Waals surface area contributed by atoms with E-state index in [2.05, 4.69) is 32.6 Å². The lowest BCUT2D eigenvalue weighted by atomic mass is 10.0. The zero-order valence-electron chi connectivity index (χ0n) is 16.8. The summed E-state index contributed by atoms with van der Waals surface area (Å²) in [5.74, 6) is 0.532. The first kappa shape index (κ1) is 20.7. The summed E-state index contributed by atoms with van der Waals surface area (Å²) in [6.45, 7) is 13.8. The number of benzene rings is 1. The Hall–Kier alpha value is -1.59. The van der Waals surface area contributed by atoms with E-state index in [1.165, 1.54) is 0 Å². The van der Waals surface area contributed by atoms with Gasteiger partial charge in [0.05, 0.1) is 30.4 Å². The van der Waals surface area contributed by atoms with Crippen molar-refractivity contribution >= 4 is 5.97 Å². The van der Waals surface area contributed by atoms with Gasteiger partial charge in [-0.05, 0) is 57.5 Å². The number of likely N-dealkylation sites (N-methyl/N-ethyl adjacent to an activating group) is 1. The maximum atomic E-state index is 12.1. The predicted octanol–water partition coefficient (Wildman–Crippen LogP) is 3.69. The van der Waals surface area contributed by atoms with Gasteiger partial charge in [-0.15, -0.1) is 0 Å². The normalized spacial score (nSPS) is 20.0. The molecule has 1 aliphatic rings. The zero-order chi connectivity index (χ0) is 19.2. The molecule has 0 radical (unpaired) electrons. The second-order valence-corrected chi connectivity index (χ2v) is 7.39. The van der Waals surface area contributed by atoms with Gasteiger partial charge in [-0.1, -0.05) is 20.3 Å². The summed E-state index contributed by atoms with van der Waals surface area (Å²) in [5, 5.41) is 0. The number of carbonyl (C=O) groups is 1. The highest BCUT2D eigenvalue weighted by atomic mass is 16.5. The minimum absolute atomic E-state index is 0.109. The van der Waals surface area contributed by atoms with Crippen LogP contribution in [0.4, 0.5) is 0 Å². The van der Waals surface area contributed by atoms with E-state index < -0.39 is 0 Å². The maximum Gasteiger partial charge on any atom is 0.338 e. The minimum Gasteiger partial charge on any atom is -0.492 e. The van der Waals surface area contributed by atoms with Crippen molar-refractivity contribution in [1.29, 1.82) is 0 Å². The molecule has 0 aliphatic carbocycles. The van der Waals surface area contributed by atoms with Crippen LogP contribution >= 0.6 is 0 Å². The average molecular weight is 363 g/mol.